The van der Waals surface area contributed by atoms with Crippen molar-refractivity contribution in [2.75, 3.05) is 6.54 Å². The van der Waals surface area contributed by atoms with Gasteiger partial charge in [-0.25, -0.2) is 0 Å². The molecule has 7 heteroatoms. The molecule has 0 saturated heterocycles. The molecule has 2 aromatic carbocycles. The molecular formula is C27H33N3O4. The van der Waals surface area contributed by atoms with E-state index >= 15 is 0 Å². The molecule has 0 fully saturated rings. The van der Waals surface area contributed by atoms with E-state index in [2.05, 4.69) is 5.32 Å². The highest BCUT2D eigenvalue weighted by Crippen LogP contribution is 2.23. The number of carbonyl (C=O) groups is 4. The molecule has 7 nitrogen and oxygen atoms in total. The van der Waals surface area contributed by atoms with Gasteiger partial charge in [-0.2, -0.15) is 0 Å². The van der Waals surface area contributed by atoms with Crippen molar-refractivity contribution in [3.05, 3.63) is 71.3 Å². The Morgan fingerprint density at radius 1 is 0.941 bits per heavy atom. The van der Waals surface area contributed by atoms with Crippen molar-refractivity contribution in [2.45, 2.75) is 65.1 Å². The van der Waals surface area contributed by atoms with Gasteiger partial charge in [0.2, 0.25) is 11.8 Å². The Labute approximate surface area is 201 Å². The molecule has 0 spiro atoms. The fourth-order valence-electron chi connectivity index (χ4n) is 4.13. The molecule has 0 unspecified atom stereocenters. The summed E-state index contributed by atoms with van der Waals surface area (Å²) in [4.78, 5) is 54.3. The maximum absolute atomic E-state index is 13.3. The maximum atomic E-state index is 13.3. The van der Waals surface area contributed by atoms with Gasteiger partial charge in [0.1, 0.15) is 6.04 Å². The summed E-state index contributed by atoms with van der Waals surface area (Å²) in [5.74, 6) is -1.04. The molecule has 0 bridgehead atoms. The molecule has 1 aliphatic heterocycles. The minimum absolute atomic E-state index is 0.125. The molecule has 0 saturated carbocycles. The van der Waals surface area contributed by atoms with Gasteiger partial charge in [0, 0.05) is 25.0 Å². The van der Waals surface area contributed by atoms with Gasteiger partial charge in [-0.1, -0.05) is 49.4 Å². The van der Waals surface area contributed by atoms with E-state index in [9.17, 15) is 19.2 Å². The van der Waals surface area contributed by atoms with Crippen LogP contribution in [0.5, 0.6) is 0 Å². The molecule has 0 aromatic heterocycles. The number of amides is 4. The minimum Gasteiger partial charge on any atom is -0.350 e. The van der Waals surface area contributed by atoms with Crippen LogP contribution in [-0.4, -0.2) is 51.6 Å². The Bertz CT molecular complexity index is 1020. The monoisotopic (exact) mass is 463 g/mol. The fourth-order valence-corrected chi connectivity index (χ4v) is 4.13. The SMILES string of the molecule is CC[C@@H](C(=O)NC(C)(C)C)N(Cc1ccccc1)C(=O)CCCN1C(=O)c2ccccc2C1=O. The topological polar surface area (TPSA) is 86.8 Å². The number of hydrogen-bond donors (Lipinski definition) is 1. The molecule has 1 heterocycles. The van der Waals surface area contributed by atoms with E-state index in [1.807, 2.05) is 58.0 Å². The summed E-state index contributed by atoms with van der Waals surface area (Å²) >= 11 is 0. The second-order valence-corrected chi connectivity index (χ2v) is 9.58. The predicted octanol–water partition coefficient (Wildman–Crippen LogP) is 3.78. The first-order chi connectivity index (χ1) is 16.1. The lowest BCUT2D eigenvalue weighted by molar-refractivity contribution is -0.142. The molecule has 180 valence electrons. The van der Waals surface area contributed by atoms with Gasteiger partial charge in [0.05, 0.1) is 11.1 Å². The number of carbonyl (C=O) groups excluding carboxylic acids is 4. The standard InChI is InChI=1S/C27H33N3O4/c1-5-22(24(32)28-27(2,3)4)30(18-19-12-7-6-8-13-19)23(31)16-11-17-29-25(33)20-14-9-10-15-21(20)26(29)34/h6-10,12-15,22H,5,11,16-18H2,1-4H3,(H,28,32)/t22-/m0/s1. The molecular weight excluding hydrogens is 430 g/mol. The molecule has 4 amide bonds. The highest BCUT2D eigenvalue weighted by molar-refractivity contribution is 6.21. The number of imide groups is 1. The highest BCUT2D eigenvalue weighted by atomic mass is 16.2. The van der Waals surface area contributed by atoms with Gasteiger partial charge in [-0.3, -0.25) is 24.1 Å². The average Bonchev–Trinajstić information content (AvgIpc) is 3.03. The molecule has 1 aliphatic rings. The minimum atomic E-state index is -0.619. The second kappa shape index (κ2) is 10.6. The maximum Gasteiger partial charge on any atom is 0.261 e. The summed E-state index contributed by atoms with van der Waals surface area (Å²) in [7, 11) is 0. The highest BCUT2D eigenvalue weighted by Gasteiger charge is 2.35. The van der Waals surface area contributed by atoms with E-state index in [1.54, 1.807) is 29.2 Å². The van der Waals surface area contributed by atoms with Crippen molar-refractivity contribution in [3.63, 3.8) is 0 Å². The molecule has 2 aromatic rings. The zero-order valence-corrected chi connectivity index (χ0v) is 20.3. The van der Waals surface area contributed by atoms with Crippen LogP contribution in [0.25, 0.3) is 0 Å². The normalized spacial score (nSPS) is 14.1. The van der Waals surface area contributed by atoms with E-state index < -0.39 is 11.6 Å². The lowest BCUT2D eigenvalue weighted by Crippen LogP contribution is -2.53. The van der Waals surface area contributed by atoms with E-state index in [1.165, 1.54) is 4.90 Å². The summed E-state index contributed by atoms with van der Waals surface area (Å²) in [6.07, 6.45) is 0.922. The van der Waals surface area contributed by atoms with Crippen LogP contribution in [0.2, 0.25) is 0 Å². The number of benzene rings is 2. The van der Waals surface area contributed by atoms with Crippen LogP contribution in [0.3, 0.4) is 0 Å². The van der Waals surface area contributed by atoms with Crippen LogP contribution in [0.1, 0.15) is 73.2 Å². The summed E-state index contributed by atoms with van der Waals surface area (Å²) in [5, 5.41) is 2.98. The first-order valence-corrected chi connectivity index (χ1v) is 11.7. The van der Waals surface area contributed by atoms with Gasteiger partial charge < -0.3 is 10.2 Å². The Hall–Kier alpha value is -3.48. The second-order valence-electron chi connectivity index (χ2n) is 9.58. The number of rotatable bonds is 9. The quantitative estimate of drug-likeness (QED) is 0.574. The molecule has 1 atom stereocenters. The van der Waals surface area contributed by atoms with Crippen LogP contribution in [-0.2, 0) is 16.1 Å². The van der Waals surface area contributed by atoms with E-state index in [-0.39, 0.29) is 36.6 Å². The average molecular weight is 464 g/mol. The van der Waals surface area contributed by atoms with Gasteiger partial charge in [-0.05, 0) is 51.3 Å². The van der Waals surface area contributed by atoms with Crippen molar-refractivity contribution in [2.24, 2.45) is 0 Å². The smallest absolute Gasteiger partial charge is 0.261 e. The van der Waals surface area contributed by atoms with E-state index in [0.717, 1.165) is 5.56 Å². The van der Waals surface area contributed by atoms with Crippen LogP contribution in [0.15, 0.2) is 54.6 Å². The van der Waals surface area contributed by atoms with Crippen molar-refractivity contribution in [1.82, 2.24) is 15.1 Å². The number of fused-ring (bicyclic) bond motifs is 1. The predicted molar refractivity (Wildman–Crippen MR) is 130 cm³/mol. The summed E-state index contributed by atoms with van der Waals surface area (Å²) < 4.78 is 0. The van der Waals surface area contributed by atoms with Crippen LogP contribution in [0, 0.1) is 0 Å². The Morgan fingerprint density at radius 3 is 2.03 bits per heavy atom. The molecule has 0 radical (unpaired) electrons. The Balaban J connectivity index is 1.70. The van der Waals surface area contributed by atoms with Crippen molar-refractivity contribution in [3.8, 4) is 0 Å². The largest absolute Gasteiger partial charge is 0.350 e. The molecule has 3 rings (SSSR count). The molecule has 1 N–H and O–H groups in total. The third kappa shape index (κ3) is 5.90. The van der Waals surface area contributed by atoms with E-state index in [4.69, 9.17) is 0 Å². The van der Waals surface area contributed by atoms with Crippen LogP contribution >= 0.6 is 0 Å². The number of nitrogens with zero attached hydrogens (tertiary/aromatic N) is 2. The summed E-state index contributed by atoms with van der Waals surface area (Å²) in [6, 6.07) is 15.7. The van der Waals surface area contributed by atoms with Crippen molar-refractivity contribution >= 4 is 23.6 Å². The van der Waals surface area contributed by atoms with E-state index in [0.29, 0.717) is 30.5 Å². The van der Waals surface area contributed by atoms with Crippen molar-refractivity contribution in [1.29, 1.82) is 0 Å². The zero-order chi connectivity index (χ0) is 24.9. The van der Waals surface area contributed by atoms with Gasteiger partial charge in [0.25, 0.3) is 11.8 Å². The summed E-state index contributed by atoms with van der Waals surface area (Å²) in [6.45, 7) is 8.07. The molecule has 34 heavy (non-hydrogen) atoms. The lowest BCUT2D eigenvalue weighted by atomic mass is 10.0. The van der Waals surface area contributed by atoms with Gasteiger partial charge in [-0.15, -0.1) is 0 Å². The first-order valence-electron chi connectivity index (χ1n) is 11.7. The summed E-state index contributed by atoms with van der Waals surface area (Å²) in [5.41, 5.74) is 1.30. The number of nitrogens with one attached hydrogen (secondary N) is 1. The Morgan fingerprint density at radius 2 is 1.50 bits per heavy atom. The third-order valence-corrected chi connectivity index (χ3v) is 5.73. The zero-order valence-electron chi connectivity index (χ0n) is 20.3. The van der Waals surface area contributed by atoms with Crippen molar-refractivity contribution < 1.29 is 19.2 Å². The van der Waals surface area contributed by atoms with Gasteiger partial charge in [0.15, 0.2) is 0 Å². The van der Waals surface area contributed by atoms with Gasteiger partial charge >= 0.3 is 0 Å². The lowest BCUT2D eigenvalue weighted by Gasteiger charge is -2.33. The van der Waals surface area contributed by atoms with Crippen LogP contribution < -0.4 is 5.32 Å². The number of hydrogen-bond acceptors (Lipinski definition) is 4. The molecule has 0 aliphatic carbocycles. The first kappa shape index (κ1) is 25.1. The Kier molecular flexibility index (Phi) is 7.87. The van der Waals surface area contributed by atoms with Crippen LogP contribution in [0.4, 0.5) is 0 Å². The third-order valence-electron chi connectivity index (χ3n) is 5.73. The fraction of sp³-hybridized carbons (Fsp3) is 0.407.